The molecule has 2 aromatic rings. The zero-order chi connectivity index (χ0) is 23.3. The van der Waals surface area contributed by atoms with Gasteiger partial charge in [0.15, 0.2) is 0 Å². The van der Waals surface area contributed by atoms with Crippen LogP contribution in [0.4, 0.5) is 13.2 Å². The monoisotopic (exact) mass is 480 g/mol. The average Bonchev–Trinajstić information content (AvgIpc) is 2.64. The Morgan fingerprint density at radius 1 is 0.806 bits per heavy atom. The molecule has 6 nitrogen and oxygen atoms in total. The van der Waals surface area contributed by atoms with E-state index in [1.165, 1.54) is 12.1 Å². The molecule has 2 rings (SSSR count). The quantitative estimate of drug-likeness (QED) is 0.478. The fourth-order valence-electron chi connectivity index (χ4n) is 2.86. The van der Waals surface area contributed by atoms with Crippen LogP contribution in [0.1, 0.15) is 24.0 Å². The lowest BCUT2D eigenvalue weighted by atomic mass is 10.00. The summed E-state index contributed by atoms with van der Waals surface area (Å²) >= 11 is 0. The van der Waals surface area contributed by atoms with Crippen LogP contribution in [0, 0.1) is 0 Å². The molecule has 1 unspecified atom stereocenters. The lowest BCUT2D eigenvalue weighted by molar-refractivity contribution is -0.137. The minimum Gasteiger partial charge on any atom is -0.270 e. The van der Waals surface area contributed by atoms with Gasteiger partial charge >= 0.3 is 6.18 Å². The number of benzene rings is 2. The minimum atomic E-state index is -4.39. The second-order valence-electron chi connectivity index (χ2n) is 7.05. The summed E-state index contributed by atoms with van der Waals surface area (Å²) in [5.74, 6) is 0. The third-order valence-corrected chi connectivity index (χ3v) is 5.52. The van der Waals surface area contributed by atoms with E-state index in [2.05, 4.69) is 4.18 Å². The summed E-state index contributed by atoms with van der Waals surface area (Å²) in [5.41, 5.74) is 1.52. The summed E-state index contributed by atoms with van der Waals surface area (Å²) in [7, 11) is -7.38. The Balaban J connectivity index is 2.01. The number of alkyl halides is 3. The van der Waals surface area contributed by atoms with Crippen molar-refractivity contribution in [2.75, 3.05) is 19.1 Å². The number of hydrogen-bond acceptors (Lipinski definition) is 6. The molecule has 0 saturated heterocycles. The molecule has 31 heavy (non-hydrogen) atoms. The minimum absolute atomic E-state index is 0.0732. The van der Waals surface area contributed by atoms with Crippen molar-refractivity contribution in [2.45, 2.75) is 31.5 Å². The van der Waals surface area contributed by atoms with Gasteiger partial charge in [-0.25, -0.2) is 0 Å². The van der Waals surface area contributed by atoms with Crippen molar-refractivity contribution in [1.82, 2.24) is 0 Å². The van der Waals surface area contributed by atoms with E-state index >= 15 is 0 Å². The highest BCUT2D eigenvalue weighted by molar-refractivity contribution is 7.86. The molecule has 172 valence electrons. The molecule has 0 spiro atoms. The third kappa shape index (κ3) is 9.38. The van der Waals surface area contributed by atoms with Crippen LogP contribution in [0.5, 0.6) is 0 Å². The third-order valence-electron chi connectivity index (χ3n) is 4.30. The molecule has 0 radical (unpaired) electrons. The Morgan fingerprint density at radius 2 is 1.32 bits per heavy atom. The predicted octanol–water partition coefficient (Wildman–Crippen LogP) is 4.02. The maximum Gasteiger partial charge on any atom is 0.416 e. The van der Waals surface area contributed by atoms with E-state index in [0.717, 1.165) is 35.8 Å². The van der Waals surface area contributed by atoms with E-state index in [9.17, 15) is 30.0 Å². The van der Waals surface area contributed by atoms with Crippen molar-refractivity contribution in [3.8, 4) is 11.1 Å². The van der Waals surface area contributed by atoms with Gasteiger partial charge < -0.3 is 0 Å². The van der Waals surface area contributed by atoms with E-state index < -0.39 is 38.1 Å². The molecular formula is C20H23F3O6S2. The van der Waals surface area contributed by atoms with Crippen LogP contribution in [0.3, 0.4) is 0 Å². The molecule has 11 heteroatoms. The van der Waals surface area contributed by atoms with Gasteiger partial charge in [0.2, 0.25) is 0 Å². The predicted molar refractivity (Wildman–Crippen MR) is 110 cm³/mol. The van der Waals surface area contributed by atoms with Crippen molar-refractivity contribution in [3.05, 3.63) is 59.7 Å². The fraction of sp³-hybridized carbons (Fsp3) is 0.400. The Kier molecular flexibility index (Phi) is 8.26. The van der Waals surface area contributed by atoms with Crippen molar-refractivity contribution >= 4 is 20.2 Å². The van der Waals surface area contributed by atoms with Gasteiger partial charge in [-0.2, -0.15) is 30.0 Å². The number of aryl methyl sites for hydroxylation is 1. The molecule has 0 aromatic heterocycles. The maximum atomic E-state index is 12.7. The van der Waals surface area contributed by atoms with Crippen molar-refractivity contribution in [2.24, 2.45) is 0 Å². The van der Waals surface area contributed by atoms with Crippen molar-refractivity contribution in [1.29, 1.82) is 0 Å². The molecule has 0 saturated carbocycles. The highest BCUT2D eigenvalue weighted by Crippen LogP contribution is 2.31. The summed E-state index contributed by atoms with van der Waals surface area (Å²) in [4.78, 5) is 0. The highest BCUT2D eigenvalue weighted by atomic mass is 32.2. The van der Waals surface area contributed by atoms with Crippen molar-refractivity contribution in [3.63, 3.8) is 0 Å². The summed E-state index contributed by atoms with van der Waals surface area (Å²) < 4.78 is 92.7. The first-order chi connectivity index (χ1) is 14.2. The maximum absolute atomic E-state index is 12.7. The zero-order valence-corrected chi connectivity index (χ0v) is 18.6. The first-order valence-corrected chi connectivity index (χ1v) is 12.9. The van der Waals surface area contributed by atoms with Crippen LogP contribution in [0.25, 0.3) is 11.1 Å². The molecule has 1 atom stereocenters. The topological polar surface area (TPSA) is 86.7 Å². The zero-order valence-electron chi connectivity index (χ0n) is 16.9. The standard InChI is InChI=1S/C20H23F3O6S2/c1-30(24,25)28-14-13-19(29-31(2,26)27)12-5-15-3-6-16(7-4-15)17-8-10-18(11-9-17)20(21,22)23/h3-4,6-11,19H,5,12-14H2,1-2H3. The Labute approximate surface area is 180 Å². The summed E-state index contributed by atoms with van der Waals surface area (Å²) in [6.07, 6.45) is -2.50. The van der Waals surface area contributed by atoms with E-state index in [1.54, 1.807) is 24.3 Å². The van der Waals surface area contributed by atoms with Gasteiger partial charge in [-0.1, -0.05) is 36.4 Å². The molecule has 0 amide bonds. The number of rotatable bonds is 10. The van der Waals surface area contributed by atoms with Crippen LogP contribution >= 0.6 is 0 Å². The number of hydrogen-bond donors (Lipinski definition) is 0. The first kappa shape index (κ1) is 25.3. The Bertz CT molecular complexity index is 1060. The second kappa shape index (κ2) is 10.1. The summed E-state index contributed by atoms with van der Waals surface area (Å²) in [6.45, 7) is -0.203. The molecule has 0 fully saturated rings. The Hall–Kier alpha value is -1.95. The van der Waals surface area contributed by atoms with Crippen LogP contribution in [0.15, 0.2) is 48.5 Å². The molecule has 0 heterocycles. The van der Waals surface area contributed by atoms with Gasteiger partial charge in [-0.15, -0.1) is 0 Å². The van der Waals surface area contributed by atoms with E-state index in [4.69, 9.17) is 4.18 Å². The normalized spacial score (nSPS) is 13.8. The number of halogens is 3. The summed E-state index contributed by atoms with van der Waals surface area (Å²) in [5, 5.41) is 0. The fourth-order valence-corrected chi connectivity index (χ4v) is 3.95. The Morgan fingerprint density at radius 3 is 1.77 bits per heavy atom. The highest BCUT2D eigenvalue weighted by Gasteiger charge is 2.29. The molecule has 0 aliphatic rings. The molecule has 2 aromatic carbocycles. The van der Waals surface area contributed by atoms with Gasteiger partial charge in [-0.3, -0.25) is 8.37 Å². The van der Waals surface area contributed by atoms with Gasteiger partial charge in [0, 0.05) is 0 Å². The molecule has 0 N–H and O–H groups in total. The van der Waals surface area contributed by atoms with Crippen LogP contribution in [0.2, 0.25) is 0 Å². The van der Waals surface area contributed by atoms with Gasteiger partial charge in [-0.05, 0) is 48.1 Å². The second-order valence-corrected chi connectivity index (χ2v) is 10.3. The van der Waals surface area contributed by atoms with E-state index in [1.807, 2.05) is 0 Å². The molecule has 0 bridgehead atoms. The van der Waals surface area contributed by atoms with E-state index in [0.29, 0.717) is 18.4 Å². The van der Waals surface area contributed by atoms with Crippen LogP contribution < -0.4 is 0 Å². The molecule has 0 aliphatic carbocycles. The van der Waals surface area contributed by atoms with Crippen LogP contribution in [-0.4, -0.2) is 42.1 Å². The lowest BCUT2D eigenvalue weighted by Gasteiger charge is -2.16. The van der Waals surface area contributed by atoms with E-state index in [-0.39, 0.29) is 13.0 Å². The lowest BCUT2D eigenvalue weighted by Crippen LogP contribution is -2.21. The van der Waals surface area contributed by atoms with Crippen LogP contribution in [-0.2, 0) is 41.2 Å². The van der Waals surface area contributed by atoms with Gasteiger partial charge in [0.1, 0.15) is 0 Å². The van der Waals surface area contributed by atoms with Gasteiger partial charge in [0.05, 0.1) is 30.8 Å². The smallest absolute Gasteiger partial charge is 0.270 e. The average molecular weight is 481 g/mol. The molecular weight excluding hydrogens is 457 g/mol. The van der Waals surface area contributed by atoms with Crippen molar-refractivity contribution < 1.29 is 38.4 Å². The first-order valence-electron chi connectivity index (χ1n) is 9.22. The molecule has 0 aliphatic heterocycles. The summed E-state index contributed by atoms with van der Waals surface area (Å²) in [6, 6.07) is 11.9. The SMILES string of the molecule is CS(=O)(=O)OCCC(CCc1ccc(-c2ccc(C(F)(F)F)cc2)cc1)OS(C)(=O)=O. The largest absolute Gasteiger partial charge is 0.416 e. The van der Waals surface area contributed by atoms with Gasteiger partial charge in [0.25, 0.3) is 20.2 Å².